The van der Waals surface area contributed by atoms with Gasteiger partial charge in [0.05, 0.1) is 6.20 Å². The van der Waals surface area contributed by atoms with Gasteiger partial charge in [0.15, 0.2) is 5.82 Å². The summed E-state index contributed by atoms with van der Waals surface area (Å²) in [6.45, 7) is 0.694. The Hall–Kier alpha value is -2.73. The van der Waals surface area contributed by atoms with Crippen LogP contribution < -0.4 is 10.6 Å². The number of rotatable bonds is 6. The molecule has 7 heteroatoms. The smallest absolute Gasteiger partial charge is 0.249 e. The predicted octanol–water partition coefficient (Wildman–Crippen LogP) is 4.06. The van der Waals surface area contributed by atoms with Crippen LogP contribution in [0, 0.1) is 5.82 Å². The molecule has 0 atom stereocenters. The van der Waals surface area contributed by atoms with Gasteiger partial charge in [0.25, 0.3) is 0 Å². The molecule has 0 saturated heterocycles. The highest BCUT2D eigenvalue weighted by Gasteiger charge is 2.02. The Bertz CT molecular complexity index is 810. The van der Waals surface area contributed by atoms with Crippen LogP contribution in [-0.4, -0.2) is 21.7 Å². The highest BCUT2D eigenvalue weighted by molar-refractivity contribution is 6.30. The van der Waals surface area contributed by atoms with Gasteiger partial charge in [-0.15, -0.1) is 5.10 Å². The minimum absolute atomic E-state index is 0.303. The monoisotopic (exact) mass is 343 g/mol. The lowest BCUT2D eigenvalue weighted by atomic mass is 10.1. The first-order valence-corrected chi connectivity index (χ1v) is 7.77. The molecule has 0 radical (unpaired) electrons. The first-order chi connectivity index (χ1) is 11.7. The molecule has 2 N–H and O–H groups in total. The fraction of sp³-hybridized carbons (Fsp3) is 0.118. The third-order valence-electron chi connectivity index (χ3n) is 3.27. The van der Waals surface area contributed by atoms with E-state index in [1.807, 2.05) is 24.3 Å². The van der Waals surface area contributed by atoms with Crippen molar-refractivity contribution in [3.63, 3.8) is 0 Å². The number of benzene rings is 2. The second-order valence-electron chi connectivity index (χ2n) is 5.10. The highest BCUT2D eigenvalue weighted by atomic mass is 35.5. The Balaban J connectivity index is 1.57. The van der Waals surface area contributed by atoms with Gasteiger partial charge >= 0.3 is 0 Å². The zero-order valence-corrected chi connectivity index (χ0v) is 13.5. The van der Waals surface area contributed by atoms with Gasteiger partial charge in [-0.05, 0) is 42.3 Å². The lowest BCUT2D eigenvalue weighted by Crippen LogP contribution is -2.08. The van der Waals surface area contributed by atoms with Gasteiger partial charge in [0.1, 0.15) is 5.82 Å². The van der Waals surface area contributed by atoms with Gasteiger partial charge < -0.3 is 10.6 Å². The van der Waals surface area contributed by atoms with Crippen molar-refractivity contribution in [2.75, 3.05) is 17.2 Å². The number of hydrogen-bond donors (Lipinski definition) is 2. The number of anilines is 3. The van der Waals surface area contributed by atoms with Crippen LogP contribution in [0.1, 0.15) is 5.56 Å². The molecule has 0 bridgehead atoms. The van der Waals surface area contributed by atoms with Crippen molar-refractivity contribution >= 4 is 29.1 Å². The van der Waals surface area contributed by atoms with E-state index in [1.54, 1.807) is 18.3 Å². The number of aromatic nitrogens is 3. The summed E-state index contributed by atoms with van der Waals surface area (Å²) in [6, 6.07) is 13.8. The van der Waals surface area contributed by atoms with E-state index in [0.29, 0.717) is 24.0 Å². The topological polar surface area (TPSA) is 62.7 Å². The van der Waals surface area contributed by atoms with Crippen LogP contribution in [0.2, 0.25) is 5.02 Å². The average Bonchev–Trinajstić information content (AvgIpc) is 2.57. The van der Waals surface area contributed by atoms with E-state index in [1.165, 1.54) is 17.7 Å². The third-order valence-corrected chi connectivity index (χ3v) is 3.52. The van der Waals surface area contributed by atoms with Gasteiger partial charge in [-0.3, -0.25) is 0 Å². The van der Waals surface area contributed by atoms with Crippen molar-refractivity contribution in [3.05, 3.63) is 71.1 Å². The van der Waals surface area contributed by atoms with Crippen LogP contribution in [0.3, 0.4) is 0 Å². The second-order valence-corrected chi connectivity index (χ2v) is 5.54. The van der Waals surface area contributed by atoms with Crippen LogP contribution in [0.25, 0.3) is 0 Å². The maximum absolute atomic E-state index is 13.2. The summed E-state index contributed by atoms with van der Waals surface area (Å²) in [5.41, 5.74) is 1.74. The van der Waals surface area contributed by atoms with Crippen LogP contribution in [0.4, 0.5) is 21.8 Å². The van der Waals surface area contributed by atoms with Gasteiger partial charge in [0.2, 0.25) is 5.95 Å². The van der Waals surface area contributed by atoms with E-state index >= 15 is 0 Å². The molecular weight excluding hydrogens is 329 g/mol. The Kier molecular flexibility index (Phi) is 5.18. The zero-order valence-electron chi connectivity index (χ0n) is 12.7. The van der Waals surface area contributed by atoms with Gasteiger partial charge in [-0.1, -0.05) is 29.8 Å². The SMILES string of the molecule is Fc1cccc(Nc2nncc(NCCc3ccc(Cl)cc3)n2)c1. The quantitative estimate of drug-likeness (QED) is 0.706. The summed E-state index contributed by atoms with van der Waals surface area (Å²) >= 11 is 5.86. The number of nitrogens with zero attached hydrogens (tertiary/aromatic N) is 3. The van der Waals surface area contributed by atoms with Crippen LogP contribution in [-0.2, 0) is 6.42 Å². The summed E-state index contributed by atoms with van der Waals surface area (Å²) in [5, 5.41) is 14.6. The molecule has 3 rings (SSSR count). The Labute approximate surface area is 143 Å². The molecule has 0 aliphatic rings. The van der Waals surface area contributed by atoms with E-state index in [4.69, 9.17) is 11.6 Å². The maximum Gasteiger partial charge on any atom is 0.249 e. The number of nitrogens with one attached hydrogen (secondary N) is 2. The maximum atomic E-state index is 13.2. The average molecular weight is 344 g/mol. The van der Waals surface area contributed by atoms with E-state index in [9.17, 15) is 4.39 Å². The minimum atomic E-state index is -0.329. The molecule has 0 fully saturated rings. The number of halogens is 2. The van der Waals surface area contributed by atoms with Gasteiger partial charge in [-0.2, -0.15) is 10.1 Å². The fourth-order valence-corrected chi connectivity index (χ4v) is 2.25. The van der Waals surface area contributed by atoms with Gasteiger partial charge in [0, 0.05) is 17.3 Å². The molecule has 0 spiro atoms. The van der Waals surface area contributed by atoms with Crippen molar-refractivity contribution in [1.82, 2.24) is 15.2 Å². The largest absolute Gasteiger partial charge is 0.368 e. The molecule has 0 amide bonds. The molecule has 0 aliphatic carbocycles. The lowest BCUT2D eigenvalue weighted by molar-refractivity contribution is 0.628. The van der Waals surface area contributed by atoms with Crippen molar-refractivity contribution in [3.8, 4) is 0 Å². The molecule has 0 aliphatic heterocycles. The molecule has 1 heterocycles. The Morgan fingerprint density at radius 1 is 1.08 bits per heavy atom. The normalized spacial score (nSPS) is 10.4. The molecule has 3 aromatic rings. The Morgan fingerprint density at radius 3 is 2.71 bits per heavy atom. The summed E-state index contributed by atoms with van der Waals surface area (Å²) < 4.78 is 13.2. The van der Waals surface area contributed by atoms with E-state index in [2.05, 4.69) is 25.8 Å². The molecule has 0 unspecified atom stereocenters. The molecule has 122 valence electrons. The molecule has 5 nitrogen and oxygen atoms in total. The highest BCUT2D eigenvalue weighted by Crippen LogP contribution is 2.15. The van der Waals surface area contributed by atoms with E-state index < -0.39 is 0 Å². The standard InChI is InChI=1S/C17H15ClFN5/c18-13-6-4-12(5-7-13)8-9-20-16-11-21-24-17(23-16)22-15-3-1-2-14(19)10-15/h1-7,10-11H,8-9H2,(H2,20,22,23,24). The first-order valence-electron chi connectivity index (χ1n) is 7.40. The summed E-state index contributed by atoms with van der Waals surface area (Å²) in [7, 11) is 0. The summed E-state index contributed by atoms with van der Waals surface area (Å²) in [5.74, 6) is 0.570. The summed E-state index contributed by atoms with van der Waals surface area (Å²) in [6.07, 6.45) is 2.37. The van der Waals surface area contributed by atoms with Crippen LogP contribution in [0.15, 0.2) is 54.7 Å². The van der Waals surface area contributed by atoms with Crippen LogP contribution in [0.5, 0.6) is 0 Å². The lowest BCUT2D eigenvalue weighted by Gasteiger charge is -2.08. The van der Waals surface area contributed by atoms with Gasteiger partial charge in [-0.25, -0.2) is 4.39 Å². The molecule has 24 heavy (non-hydrogen) atoms. The fourth-order valence-electron chi connectivity index (χ4n) is 2.12. The van der Waals surface area contributed by atoms with E-state index in [0.717, 1.165) is 11.4 Å². The first kappa shape index (κ1) is 16.1. The molecular formula is C17H15ClFN5. The third kappa shape index (κ3) is 4.63. The zero-order chi connectivity index (χ0) is 16.8. The van der Waals surface area contributed by atoms with E-state index in [-0.39, 0.29) is 5.82 Å². The second kappa shape index (κ2) is 7.70. The van der Waals surface area contributed by atoms with Crippen molar-refractivity contribution in [2.24, 2.45) is 0 Å². The predicted molar refractivity (Wildman–Crippen MR) is 93.2 cm³/mol. The van der Waals surface area contributed by atoms with Crippen LogP contribution >= 0.6 is 11.6 Å². The van der Waals surface area contributed by atoms with Crippen molar-refractivity contribution < 1.29 is 4.39 Å². The molecule has 2 aromatic carbocycles. The molecule has 0 saturated carbocycles. The minimum Gasteiger partial charge on any atom is -0.368 e. The number of hydrogen-bond acceptors (Lipinski definition) is 5. The summed E-state index contributed by atoms with van der Waals surface area (Å²) in [4.78, 5) is 4.30. The Morgan fingerprint density at radius 2 is 1.92 bits per heavy atom. The molecule has 1 aromatic heterocycles. The van der Waals surface area contributed by atoms with Crippen molar-refractivity contribution in [1.29, 1.82) is 0 Å². The van der Waals surface area contributed by atoms with Crippen molar-refractivity contribution in [2.45, 2.75) is 6.42 Å².